The average Bonchev–Trinajstić information content (AvgIpc) is 2.91. The number of rotatable bonds is 4. The van der Waals surface area contributed by atoms with Crippen LogP contribution in [0.3, 0.4) is 0 Å². The monoisotopic (exact) mass is 432 g/mol. The Bertz CT molecular complexity index is 949. The van der Waals surface area contributed by atoms with Gasteiger partial charge in [0, 0.05) is 26.3 Å². The first-order chi connectivity index (χ1) is 14.1. The molecule has 0 saturated heterocycles. The Kier molecular flexibility index (Phi) is 6.47. The zero-order valence-electron chi connectivity index (χ0n) is 18.1. The number of halogens is 1. The van der Waals surface area contributed by atoms with Gasteiger partial charge in [-0.2, -0.15) is 0 Å². The van der Waals surface area contributed by atoms with Crippen LogP contribution in [0.25, 0.3) is 11.4 Å². The van der Waals surface area contributed by atoms with Gasteiger partial charge in [0.15, 0.2) is 5.69 Å². The van der Waals surface area contributed by atoms with E-state index in [4.69, 9.17) is 11.6 Å². The number of nitrogens with one attached hydrogen (secondary N) is 2. The van der Waals surface area contributed by atoms with E-state index in [-0.39, 0.29) is 11.8 Å². The molecule has 3 rings (SSSR count). The molecule has 1 aliphatic heterocycles. The lowest BCUT2D eigenvalue weighted by Gasteiger charge is -2.29. The lowest BCUT2D eigenvalue weighted by atomic mass is 9.86. The number of hydrogen-bond acceptors (Lipinski definition) is 5. The Morgan fingerprint density at radius 2 is 2.00 bits per heavy atom. The number of carbonyl (C=O) groups excluding carboxylic acids is 2. The Balaban J connectivity index is 2.07. The largest absolute Gasteiger partial charge is 0.357 e. The van der Waals surface area contributed by atoms with Gasteiger partial charge in [0.1, 0.15) is 17.0 Å². The number of carbonyl (C=O) groups is 2. The molecule has 2 aromatic heterocycles. The maximum Gasteiger partial charge on any atom is 0.272 e. The smallest absolute Gasteiger partial charge is 0.272 e. The summed E-state index contributed by atoms with van der Waals surface area (Å²) in [5.41, 5.74) is 1.35. The van der Waals surface area contributed by atoms with Gasteiger partial charge in [0.05, 0.1) is 11.3 Å². The fraction of sp³-hybridized carbons (Fsp3) is 0.524. The summed E-state index contributed by atoms with van der Waals surface area (Å²) >= 11 is 6.34. The molecule has 8 nitrogen and oxygen atoms in total. The predicted octanol–water partition coefficient (Wildman–Crippen LogP) is 2.32. The normalized spacial score (nSPS) is 15.8. The molecular weight excluding hydrogens is 404 g/mol. The highest BCUT2D eigenvalue weighted by Gasteiger charge is 2.34. The molecule has 3 heterocycles. The van der Waals surface area contributed by atoms with Crippen molar-refractivity contribution in [2.24, 2.45) is 5.41 Å². The second-order valence-corrected chi connectivity index (χ2v) is 9.06. The molecule has 30 heavy (non-hydrogen) atoms. The lowest BCUT2D eigenvalue weighted by Crippen LogP contribution is -2.53. The second-order valence-electron chi connectivity index (χ2n) is 8.70. The average molecular weight is 433 g/mol. The summed E-state index contributed by atoms with van der Waals surface area (Å²) in [5.74, 6) is 0.00781. The molecule has 0 saturated carbocycles. The number of imidazole rings is 1. The van der Waals surface area contributed by atoms with Gasteiger partial charge < -0.3 is 20.1 Å². The molecule has 2 N–H and O–H groups in total. The minimum Gasteiger partial charge on any atom is -0.357 e. The summed E-state index contributed by atoms with van der Waals surface area (Å²) in [5, 5.41) is 5.87. The van der Waals surface area contributed by atoms with E-state index in [0.717, 1.165) is 25.2 Å². The van der Waals surface area contributed by atoms with E-state index >= 15 is 0 Å². The van der Waals surface area contributed by atoms with E-state index < -0.39 is 11.5 Å². The van der Waals surface area contributed by atoms with Gasteiger partial charge in [-0.05, 0) is 37.6 Å². The predicted molar refractivity (Wildman–Crippen MR) is 116 cm³/mol. The minimum absolute atomic E-state index is 0.242. The van der Waals surface area contributed by atoms with Crippen LogP contribution in [0.5, 0.6) is 0 Å². The zero-order chi connectivity index (χ0) is 22.1. The van der Waals surface area contributed by atoms with E-state index in [9.17, 15) is 9.59 Å². The molecule has 9 heteroatoms. The molecule has 0 radical (unpaired) electrons. The van der Waals surface area contributed by atoms with Crippen LogP contribution >= 0.6 is 11.6 Å². The zero-order valence-corrected chi connectivity index (χ0v) is 18.9. The first-order valence-corrected chi connectivity index (χ1v) is 10.4. The van der Waals surface area contributed by atoms with Crippen LogP contribution in [0.1, 0.15) is 43.4 Å². The molecule has 162 valence electrons. The number of nitrogens with zero attached hydrogens (tertiary/aromatic N) is 4. The molecule has 2 aromatic rings. The standard InChI is InChI=1S/C21H29ClN6O2/c1-21(2,3)16(20(30)23-4)26-19(29)15-14-12-27(5)10-7-11-28(14)18(25-15)13-8-6-9-24-17(13)22/h6,8-9,16H,7,10-12H2,1-5H3,(H,23,30)(H,26,29)/t16-/m1/s1. The summed E-state index contributed by atoms with van der Waals surface area (Å²) in [6.07, 6.45) is 2.55. The number of aromatic nitrogens is 3. The van der Waals surface area contributed by atoms with Crippen molar-refractivity contribution >= 4 is 23.4 Å². The Morgan fingerprint density at radius 3 is 2.63 bits per heavy atom. The maximum absolute atomic E-state index is 13.3. The van der Waals surface area contributed by atoms with Crippen LogP contribution in [0.2, 0.25) is 5.15 Å². The highest BCUT2D eigenvalue weighted by molar-refractivity contribution is 6.31. The molecule has 0 fully saturated rings. The highest BCUT2D eigenvalue weighted by Crippen LogP contribution is 2.30. The SMILES string of the molecule is CNC(=O)[C@@H](NC(=O)c1nc(-c2cccnc2Cl)n2c1CN(C)CCC2)C(C)(C)C. The summed E-state index contributed by atoms with van der Waals surface area (Å²) in [6.45, 7) is 7.94. The fourth-order valence-corrected chi connectivity index (χ4v) is 3.88. The van der Waals surface area contributed by atoms with Crippen molar-refractivity contribution in [1.29, 1.82) is 0 Å². The third kappa shape index (κ3) is 4.49. The summed E-state index contributed by atoms with van der Waals surface area (Å²) < 4.78 is 2.05. The van der Waals surface area contributed by atoms with Crippen molar-refractivity contribution < 1.29 is 9.59 Å². The molecule has 2 amide bonds. The van der Waals surface area contributed by atoms with Gasteiger partial charge in [-0.1, -0.05) is 32.4 Å². The maximum atomic E-state index is 13.3. The second kappa shape index (κ2) is 8.73. The summed E-state index contributed by atoms with van der Waals surface area (Å²) in [6, 6.07) is 2.96. The van der Waals surface area contributed by atoms with Crippen molar-refractivity contribution in [2.45, 2.75) is 46.3 Å². The van der Waals surface area contributed by atoms with E-state index in [1.165, 1.54) is 0 Å². The van der Waals surface area contributed by atoms with Gasteiger partial charge in [-0.15, -0.1) is 0 Å². The number of hydrogen-bond donors (Lipinski definition) is 2. The van der Waals surface area contributed by atoms with Crippen LogP contribution in [-0.4, -0.2) is 57.9 Å². The van der Waals surface area contributed by atoms with Crippen molar-refractivity contribution in [3.8, 4) is 11.4 Å². The quantitative estimate of drug-likeness (QED) is 0.723. The first kappa shape index (κ1) is 22.2. The molecule has 0 spiro atoms. The number of likely N-dealkylation sites (N-methyl/N-ethyl adjacent to an activating group) is 1. The van der Waals surface area contributed by atoms with E-state index in [1.54, 1.807) is 19.3 Å². The number of amides is 2. The third-order valence-corrected chi connectivity index (χ3v) is 5.58. The Morgan fingerprint density at radius 1 is 1.27 bits per heavy atom. The van der Waals surface area contributed by atoms with E-state index in [0.29, 0.717) is 28.8 Å². The van der Waals surface area contributed by atoms with Crippen molar-refractivity contribution in [3.05, 3.63) is 34.9 Å². The number of fused-ring (bicyclic) bond motifs is 1. The van der Waals surface area contributed by atoms with Crippen molar-refractivity contribution in [2.75, 3.05) is 20.6 Å². The van der Waals surface area contributed by atoms with Crippen LogP contribution < -0.4 is 10.6 Å². The van der Waals surface area contributed by atoms with Crippen LogP contribution in [0, 0.1) is 5.41 Å². The van der Waals surface area contributed by atoms with E-state index in [1.807, 2.05) is 38.5 Å². The van der Waals surface area contributed by atoms with Gasteiger partial charge in [0.25, 0.3) is 5.91 Å². The summed E-state index contributed by atoms with van der Waals surface area (Å²) in [7, 11) is 3.58. The van der Waals surface area contributed by atoms with Crippen molar-refractivity contribution in [1.82, 2.24) is 30.1 Å². The lowest BCUT2D eigenvalue weighted by molar-refractivity contribution is -0.124. The first-order valence-electron chi connectivity index (χ1n) is 10.0. The Hall–Kier alpha value is -2.45. The fourth-order valence-electron chi connectivity index (χ4n) is 3.68. The van der Waals surface area contributed by atoms with Gasteiger partial charge in [-0.3, -0.25) is 9.59 Å². The van der Waals surface area contributed by atoms with Gasteiger partial charge in [-0.25, -0.2) is 9.97 Å². The summed E-state index contributed by atoms with van der Waals surface area (Å²) in [4.78, 5) is 36.7. The highest BCUT2D eigenvalue weighted by atomic mass is 35.5. The molecule has 1 aliphatic rings. The van der Waals surface area contributed by atoms with Crippen molar-refractivity contribution in [3.63, 3.8) is 0 Å². The molecular formula is C21H29ClN6O2. The minimum atomic E-state index is -0.693. The van der Waals surface area contributed by atoms with E-state index in [2.05, 4.69) is 25.5 Å². The third-order valence-electron chi connectivity index (χ3n) is 5.28. The molecule has 1 atom stereocenters. The number of pyridine rings is 1. The van der Waals surface area contributed by atoms with Crippen LogP contribution in [0.15, 0.2) is 18.3 Å². The molecule has 0 aromatic carbocycles. The topological polar surface area (TPSA) is 92.1 Å². The molecule has 0 aliphatic carbocycles. The van der Waals surface area contributed by atoms with Gasteiger partial charge in [0.2, 0.25) is 5.91 Å². The molecule has 0 unspecified atom stereocenters. The van der Waals surface area contributed by atoms with Gasteiger partial charge >= 0.3 is 0 Å². The molecule has 0 bridgehead atoms. The Labute approximate surface area is 182 Å². The van der Waals surface area contributed by atoms with Crippen LogP contribution in [0.4, 0.5) is 0 Å². The van der Waals surface area contributed by atoms with Crippen LogP contribution in [-0.2, 0) is 17.9 Å².